The quantitative estimate of drug-likeness (QED) is 0.775. The van der Waals surface area contributed by atoms with Gasteiger partial charge in [0, 0.05) is 6.04 Å². The van der Waals surface area contributed by atoms with Crippen molar-refractivity contribution in [3.05, 3.63) is 0 Å². The largest absolute Gasteiger partial charge is 0.313 e. The van der Waals surface area contributed by atoms with E-state index >= 15 is 0 Å². The number of hydrogen-bond acceptors (Lipinski definition) is 1. The molecule has 1 spiro atoms. The Kier molecular flexibility index (Phi) is 3.47. The molecule has 3 aliphatic carbocycles. The highest BCUT2D eigenvalue weighted by Crippen LogP contribution is 2.51. The fourth-order valence-corrected chi connectivity index (χ4v) is 4.69. The molecule has 3 aliphatic rings. The van der Waals surface area contributed by atoms with Crippen LogP contribution in [0.25, 0.3) is 0 Å². The lowest BCUT2D eigenvalue weighted by molar-refractivity contribution is 0.0203. The Balaban J connectivity index is 1.48. The van der Waals surface area contributed by atoms with Gasteiger partial charge in [-0.1, -0.05) is 39.0 Å². The molecule has 3 atom stereocenters. The Morgan fingerprint density at radius 2 is 1.76 bits per heavy atom. The molecule has 3 saturated carbocycles. The third kappa shape index (κ3) is 2.28. The van der Waals surface area contributed by atoms with E-state index in [9.17, 15) is 0 Å². The highest BCUT2D eigenvalue weighted by molar-refractivity contribution is 5.01. The van der Waals surface area contributed by atoms with E-state index in [1.54, 1.807) is 0 Å². The maximum atomic E-state index is 3.95. The molecule has 3 fully saturated rings. The minimum atomic E-state index is 0.750. The molecule has 0 aromatic rings. The lowest BCUT2D eigenvalue weighted by atomic mass is 9.57. The Morgan fingerprint density at radius 3 is 2.35 bits per heavy atom. The molecule has 0 saturated heterocycles. The van der Waals surface area contributed by atoms with Crippen LogP contribution in [0.2, 0.25) is 0 Å². The smallest absolute Gasteiger partial charge is 0.0124 e. The van der Waals surface area contributed by atoms with Crippen LogP contribution in [0.1, 0.15) is 71.1 Å². The molecule has 0 aliphatic heterocycles. The highest BCUT2D eigenvalue weighted by Gasteiger charge is 2.46. The first kappa shape index (κ1) is 12.0. The monoisotopic (exact) mass is 235 g/mol. The molecule has 0 heterocycles. The molecule has 0 bridgehead atoms. The van der Waals surface area contributed by atoms with Crippen molar-refractivity contribution in [1.82, 2.24) is 5.32 Å². The molecule has 3 unspecified atom stereocenters. The number of hydrogen-bond donors (Lipinski definition) is 1. The van der Waals surface area contributed by atoms with Crippen molar-refractivity contribution in [2.75, 3.05) is 6.54 Å². The first-order valence-electron chi connectivity index (χ1n) is 8.04. The minimum absolute atomic E-state index is 0.750. The van der Waals surface area contributed by atoms with Gasteiger partial charge >= 0.3 is 0 Å². The molecular weight excluding hydrogens is 206 g/mol. The molecule has 1 N–H and O–H groups in total. The highest BCUT2D eigenvalue weighted by atomic mass is 15.0. The molecule has 0 radical (unpaired) electrons. The van der Waals surface area contributed by atoms with Crippen molar-refractivity contribution < 1.29 is 0 Å². The third-order valence-electron chi connectivity index (χ3n) is 6.18. The van der Waals surface area contributed by atoms with Crippen LogP contribution in [0, 0.1) is 17.3 Å². The summed E-state index contributed by atoms with van der Waals surface area (Å²) in [4.78, 5) is 0. The van der Waals surface area contributed by atoms with E-state index in [1.807, 2.05) is 0 Å². The van der Waals surface area contributed by atoms with Gasteiger partial charge in [-0.3, -0.25) is 0 Å². The van der Waals surface area contributed by atoms with E-state index in [2.05, 4.69) is 12.2 Å². The van der Waals surface area contributed by atoms with Crippen molar-refractivity contribution in [2.45, 2.75) is 77.2 Å². The van der Waals surface area contributed by atoms with Gasteiger partial charge < -0.3 is 5.32 Å². The predicted octanol–water partition coefficient (Wildman–Crippen LogP) is 4.13. The van der Waals surface area contributed by atoms with Crippen LogP contribution in [-0.2, 0) is 0 Å². The van der Waals surface area contributed by atoms with Crippen LogP contribution in [0.5, 0.6) is 0 Å². The van der Waals surface area contributed by atoms with Crippen LogP contribution in [0.15, 0.2) is 0 Å². The Bertz CT molecular complexity index is 254. The van der Waals surface area contributed by atoms with Crippen molar-refractivity contribution in [3.8, 4) is 0 Å². The fraction of sp³-hybridized carbons (Fsp3) is 1.00. The molecule has 1 nitrogen and oxygen atoms in total. The zero-order valence-electron chi connectivity index (χ0n) is 11.5. The zero-order valence-corrected chi connectivity index (χ0v) is 11.5. The maximum Gasteiger partial charge on any atom is 0.0124 e. The summed E-state index contributed by atoms with van der Waals surface area (Å²) >= 11 is 0. The summed E-state index contributed by atoms with van der Waals surface area (Å²) in [5, 5.41) is 3.95. The van der Waals surface area contributed by atoms with E-state index in [1.165, 1.54) is 70.8 Å². The van der Waals surface area contributed by atoms with Crippen molar-refractivity contribution in [2.24, 2.45) is 17.3 Å². The first-order chi connectivity index (χ1) is 8.30. The SMILES string of the molecule is CC1CCCC1CNC1CCC12CCCCC2. The molecule has 17 heavy (non-hydrogen) atoms. The number of nitrogens with one attached hydrogen (secondary N) is 1. The Morgan fingerprint density at radius 1 is 0.941 bits per heavy atom. The molecule has 0 aromatic carbocycles. The summed E-state index contributed by atoms with van der Waals surface area (Å²) in [6.07, 6.45) is 14.9. The Labute approximate surface area is 107 Å². The number of rotatable bonds is 3. The van der Waals surface area contributed by atoms with E-state index in [4.69, 9.17) is 0 Å². The van der Waals surface area contributed by atoms with Gasteiger partial charge in [0.25, 0.3) is 0 Å². The fourth-order valence-electron chi connectivity index (χ4n) is 4.69. The topological polar surface area (TPSA) is 12.0 Å². The molecule has 3 rings (SSSR count). The van der Waals surface area contributed by atoms with Crippen molar-refractivity contribution >= 4 is 0 Å². The van der Waals surface area contributed by atoms with Crippen LogP contribution < -0.4 is 5.32 Å². The van der Waals surface area contributed by atoms with Gasteiger partial charge in [0.05, 0.1) is 0 Å². The predicted molar refractivity (Wildman–Crippen MR) is 73.0 cm³/mol. The van der Waals surface area contributed by atoms with Gasteiger partial charge in [0.1, 0.15) is 0 Å². The molecule has 0 aromatic heterocycles. The lowest BCUT2D eigenvalue weighted by Crippen LogP contribution is -2.55. The second kappa shape index (κ2) is 4.91. The summed E-state index contributed by atoms with van der Waals surface area (Å²) in [5.74, 6) is 1.96. The summed E-state index contributed by atoms with van der Waals surface area (Å²) in [7, 11) is 0. The summed E-state index contributed by atoms with van der Waals surface area (Å²) < 4.78 is 0. The molecule has 0 amide bonds. The van der Waals surface area contributed by atoms with Gasteiger partial charge in [0.2, 0.25) is 0 Å². The standard InChI is InChI=1S/C16H29N/c1-13-6-5-7-14(13)12-17-15-8-11-16(15)9-3-2-4-10-16/h13-15,17H,2-12H2,1H3. The second-order valence-corrected chi connectivity index (χ2v) is 7.09. The van der Waals surface area contributed by atoms with Crippen LogP contribution in [0.3, 0.4) is 0 Å². The van der Waals surface area contributed by atoms with Gasteiger partial charge in [-0.15, -0.1) is 0 Å². The average molecular weight is 235 g/mol. The second-order valence-electron chi connectivity index (χ2n) is 7.09. The van der Waals surface area contributed by atoms with Crippen LogP contribution in [-0.4, -0.2) is 12.6 Å². The van der Waals surface area contributed by atoms with E-state index < -0.39 is 0 Å². The van der Waals surface area contributed by atoms with Crippen LogP contribution in [0.4, 0.5) is 0 Å². The zero-order chi connectivity index (χ0) is 11.7. The third-order valence-corrected chi connectivity index (χ3v) is 6.18. The van der Waals surface area contributed by atoms with Crippen molar-refractivity contribution in [1.29, 1.82) is 0 Å². The van der Waals surface area contributed by atoms with E-state index in [-0.39, 0.29) is 0 Å². The molecular formula is C16H29N. The summed E-state index contributed by atoms with van der Waals surface area (Å²) in [6.45, 7) is 3.77. The average Bonchev–Trinajstić information content (AvgIpc) is 2.75. The minimum Gasteiger partial charge on any atom is -0.313 e. The van der Waals surface area contributed by atoms with E-state index in [0.717, 1.165) is 23.3 Å². The maximum absolute atomic E-state index is 3.95. The van der Waals surface area contributed by atoms with Gasteiger partial charge in [-0.25, -0.2) is 0 Å². The normalized spacial score (nSPS) is 40.4. The van der Waals surface area contributed by atoms with Gasteiger partial charge in [-0.05, 0) is 55.9 Å². The molecule has 98 valence electrons. The van der Waals surface area contributed by atoms with Gasteiger partial charge in [0.15, 0.2) is 0 Å². The van der Waals surface area contributed by atoms with Crippen molar-refractivity contribution in [3.63, 3.8) is 0 Å². The first-order valence-corrected chi connectivity index (χ1v) is 8.04. The summed E-state index contributed by atoms with van der Waals surface area (Å²) in [5.41, 5.74) is 0.750. The Hall–Kier alpha value is -0.0400. The molecule has 1 heteroatoms. The lowest BCUT2D eigenvalue weighted by Gasteiger charge is -2.53. The summed E-state index contributed by atoms with van der Waals surface area (Å²) in [6, 6.07) is 0.885. The van der Waals surface area contributed by atoms with Crippen LogP contribution >= 0.6 is 0 Å². The van der Waals surface area contributed by atoms with Gasteiger partial charge in [-0.2, -0.15) is 0 Å². The van der Waals surface area contributed by atoms with E-state index in [0.29, 0.717) is 0 Å².